The molecule has 0 spiro atoms. The lowest BCUT2D eigenvalue weighted by atomic mass is 9.81. The molecule has 1 fully saturated rings. The van der Waals surface area contributed by atoms with Crippen LogP contribution in [0.25, 0.3) is 0 Å². The van der Waals surface area contributed by atoms with Gasteiger partial charge in [0, 0.05) is 35.6 Å². The van der Waals surface area contributed by atoms with Crippen LogP contribution in [0.5, 0.6) is 0 Å². The van der Waals surface area contributed by atoms with Crippen LogP contribution in [0.15, 0.2) is 18.2 Å². The predicted molar refractivity (Wildman–Crippen MR) is 98.2 cm³/mol. The van der Waals surface area contributed by atoms with Gasteiger partial charge in [-0.2, -0.15) is 0 Å². The zero-order valence-corrected chi connectivity index (χ0v) is 15.5. The van der Waals surface area contributed by atoms with E-state index in [1.807, 2.05) is 37.8 Å². The van der Waals surface area contributed by atoms with Crippen LogP contribution in [-0.2, 0) is 9.59 Å². The van der Waals surface area contributed by atoms with Crippen molar-refractivity contribution in [1.29, 1.82) is 0 Å². The molecule has 0 radical (unpaired) electrons. The van der Waals surface area contributed by atoms with Gasteiger partial charge < -0.3 is 10.2 Å². The molecule has 2 amide bonds. The fraction of sp³-hybridized carbons (Fsp3) is 0.579. The van der Waals surface area contributed by atoms with Crippen LogP contribution >= 0.6 is 11.6 Å². The molecule has 2 rings (SSSR count). The molecule has 0 atom stereocenters. The van der Waals surface area contributed by atoms with E-state index in [1.54, 1.807) is 6.07 Å². The van der Waals surface area contributed by atoms with Crippen molar-refractivity contribution in [3.05, 3.63) is 28.8 Å². The van der Waals surface area contributed by atoms with Gasteiger partial charge in [0.2, 0.25) is 11.8 Å². The summed E-state index contributed by atoms with van der Waals surface area (Å²) in [6.45, 7) is 7.46. The standard InChI is InChI=1S/C19H27ClN2O2/c1-4-22(5-2)19(24)15-8-6-14(7-9-15)18(23)21-17-11-10-16(20)12-13(17)3/h10-12,14-15H,4-9H2,1-3H3,(H,21,23). The maximum absolute atomic E-state index is 12.5. The van der Waals surface area contributed by atoms with E-state index in [9.17, 15) is 9.59 Å². The lowest BCUT2D eigenvalue weighted by molar-refractivity contribution is -0.137. The Balaban J connectivity index is 1.89. The zero-order valence-electron chi connectivity index (χ0n) is 14.8. The minimum Gasteiger partial charge on any atom is -0.343 e. The molecule has 0 aromatic heterocycles. The number of aryl methyl sites for hydroxylation is 1. The Morgan fingerprint density at radius 1 is 1.12 bits per heavy atom. The normalized spacial score (nSPS) is 20.5. The predicted octanol–water partition coefficient (Wildman–Crippen LogP) is 4.26. The van der Waals surface area contributed by atoms with Crippen molar-refractivity contribution < 1.29 is 9.59 Å². The summed E-state index contributed by atoms with van der Waals surface area (Å²) in [5, 5.41) is 3.67. The fourth-order valence-corrected chi connectivity index (χ4v) is 3.62. The number of carbonyl (C=O) groups is 2. The second-order valence-corrected chi connectivity index (χ2v) is 6.94. The van der Waals surface area contributed by atoms with Crippen molar-refractivity contribution in [3.63, 3.8) is 0 Å². The van der Waals surface area contributed by atoms with Gasteiger partial charge >= 0.3 is 0 Å². The van der Waals surface area contributed by atoms with Crippen molar-refractivity contribution in [2.24, 2.45) is 11.8 Å². The summed E-state index contributed by atoms with van der Waals surface area (Å²) in [6.07, 6.45) is 3.15. The van der Waals surface area contributed by atoms with E-state index < -0.39 is 0 Å². The number of benzene rings is 1. The van der Waals surface area contributed by atoms with E-state index in [0.717, 1.165) is 50.0 Å². The molecule has 0 bridgehead atoms. The molecule has 24 heavy (non-hydrogen) atoms. The number of carbonyl (C=O) groups excluding carboxylic acids is 2. The quantitative estimate of drug-likeness (QED) is 0.862. The van der Waals surface area contributed by atoms with Crippen molar-refractivity contribution >= 4 is 29.1 Å². The highest BCUT2D eigenvalue weighted by Crippen LogP contribution is 2.31. The van der Waals surface area contributed by atoms with E-state index >= 15 is 0 Å². The van der Waals surface area contributed by atoms with Gasteiger partial charge in [0.1, 0.15) is 0 Å². The lowest BCUT2D eigenvalue weighted by Crippen LogP contribution is -2.38. The maximum atomic E-state index is 12.5. The van der Waals surface area contributed by atoms with Crippen LogP contribution in [0.1, 0.15) is 45.1 Å². The van der Waals surface area contributed by atoms with E-state index in [-0.39, 0.29) is 23.7 Å². The average molecular weight is 351 g/mol. The smallest absolute Gasteiger partial charge is 0.227 e. The molecule has 0 heterocycles. The second kappa shape index (κ2) is 8.52. The first kappa shape index (κ1) is 18.8. The van der Waals surface area contributed by atoms with E-state index in [2.05, 4.69) is 5.32 Å². The van der Waals surface area contributed by atoms with E-state index in [0.29, 0.717) is 5.02 Å². The molecular weight excluding hydrogens is 324 g/mol. The first-order valence-corrected chi connectivity index (χ1v) is 9.19. The van der Waals surface area contributed by atoms with Gasteiger partial charge in [-0.3, -0.25) is 9.59 Å². The summed E-state index contributed by atoms with van der Waals surface area (Å²) in [5.74, 6) is 0.355. The van der Waals surface area contributed by atoms with Crippen molar-refractivity contribution in [3.8, 4) is 0 Å². The minimum atomic E-state index is -0.0131. The van der Waals surface area contributed by atoms with Crippen LogP contribution < -0.4 is 5.32 Å². The Kier molecular flexibility index (Phi) is 6.67. The van der Waals surface area contributed by atoms with Crippen LogP contribution in [0.4, 0.5) is 5.69 Å². The summed E-state index contributed by atoms with van der Waals surface area (Å²) in [4.78, 5) is 26.8. The molecule has 1 aromatic rings. The zero-order chi connectivity index (χ0) is 17.7. The summed E-state index contributed by atoms with van der Waals surface area (Å²) >= 11 is 5.95. The van der Waals surface area contributed by atoms with Gasteiger partial charge in [0.15, 0.2) is 0 Å². The Morgan fingerprint density at radius 3 is 2.25 bits per heavy atom. The largest absolute Gasteiger partial charge is 0.343 e. The van der Waals surface area contributed by atoms with Crippen LogP contribution in [-0.4, -0.2) is 29.8 Å². The Morgan fingerprint density at radius 2 is 1.71 bits per heavy atom. The highest BCUT2D eigenvalue weighted by Gasteiger charge is 2.31. The summed E-state index contributed by atoms with van der Waals surface area (Å²) < 4.78 is 0. The van der Waals surface area contributed by atoms with Gasteiger partial charge in [0.05, 0.1) is 0 Å². The number of amides is 2. The third-order valence-corrected chi connectivity index (χ3v) is 5.20. The fourth-order valence-electron chi connectivity index (χ4n) is 3.40. The van der Waals surface area contributed by atoms with Gasteiger partial charge in [-0.1, -0.05) is 11.6 Å². The van der Waals surface area contributed by atoms with Crippen molar-refractivity contribution in [2.75, 3.05) is 18.4 Å². The Hall–Kier alpha value is -1.55. The van der Waals surface area contributed by atoms with Crippen molar-refractivity contribution in [1.82, 2.24) is 4.90 Å². The van der Waals surface area contributed by atoms with Crippen LogP contribution in [0.2, 0.25) is 5.02 Å². The molecular formula is C19H27ClN2O2. The number of rotatable bonds is 5. The van der Waals surface area contributed by atoms with E-state index in [1.165, 1.54) is 0 Å². The molecule has 0 aliphatic heterocycles. The van der Waals surface area contributed by atoms with Crippen LogP contribution in [0.3, 0.4) is 0 Å². The summed E-state index contributed by atoms with van der Waals surface area (Å²) in [6, 6.07) is 5.46. The molecule has 4 nitrogen and oxygen atoms in total. The maximum Gasteiger partial charge on any atom is 0.227 e. The monoisotopic (exact) mass is 350 g/mol. The Labute approximate surface area is 149 Å². The highest BCUT2D eigenvalue weighted by molar-refractivity contribution is 6.30. The number of halogens is 1. The molecule has 1 aliphatic rings. The second-order valence-electron chi connectivity index (χ2n) is 6.51. The average Bonchev–Trinajstić information content (AvgIpc) is 2.58. The number of nitrogens with zero attached hydrogens (tertiary/aromatic N) is 1. The first-order valence-electron chi connectivity index (χ1n) is 8.82. The molecule has 1 aliphatic carbocycles. The molecule has 1 aromatic carbocycles. The number of anilines is 1. The van der Waals surface area contributed by atoms with Gasteiger partial charge in [-0.05, 0) is 70.2 Å². The Bertz CT molecular complexity index is 591. The molecule has 132 valence electrons. The molecule has 5 heteroatoms. The molecule has 0 unspecified atom stereocenters. The van der Waals surface area contributed by atoms with Crippen molar-refractivity contribution in [2.45, 2.75) is 46.5 Å². The first-order chi connectivity index (χ1) is 11.5. The number of hydrogen-bond donors (Lipinski definition) is 1. The minimum absolute atomic E-state index is 0.0131. The topological polar surface area (TPSA) is 49.4 Å². The lowest BCUT2D eigenvalue weighted by Gasteiger charge is -2.30. The number of nitrogens with one attached hydrogen (secondary N) is 1. The number of hydrogen-bond acceptors (Lipinski definition) is 2. The highest BCUT2D eigenvalue weighted by atomic mass is 35.5. The SMILES string of the molecule is CCN(CC)C(=O)C1CCC(C(=O)Nc2ccc(Cl)cc2C)CC1. The molecule has 1 saturated carbocycles. The third kappa shape index (κ3) is 4.50. The van der Waals surface area contributed by atoms with E-state index in [4.69, 9.17) is 11.6 Å². The molecule has 1 N–H and O–H groups in total. The van der Waals surface area contributed by atoms with Gasteiger partial charge in [-0.15, -0.1) is 0 Å². The molecule has 0 saturated heterocycles. The summed E-state index contributed by atoms with van der Waals surface area (Å²) in [5.41, 5.74) is 1.77. The van der Waals surface area contributed by atoms with Gasteiger partial charge in [-0.25, -0.2) is 0 Å². The summed E-state index contributed by atoms with van der Waals surface area (Å²) in [7, 11) is 0. The third-order valence-electron chi connectivity index (χ3n) is 4.97. The van der Waals surface area contributed by atoms with Gasteiger partial charge in [0.25, 0.3) is 0 Å². The van der Waals surface area contributed by atoms with Crippen LogP contribution in [0, 0.1) is 18.8 Å².